The number of rotatable bonds is 16. The first-order valence-corrected chi connectivity index (χ1v) is 22.8. The van der Waals surface area contributed by atoms with Gasteiger partial charge in [-0.15, -0.1) is 0 Å². The summed E-state index contributed by atoms with van der Waals surface area (Å²) < 4.78 is 63.3. The van der Waals surface area contributed by atoms with Crippen molar-refractivity contribution in [3.63, 3.8) is 0 Å². The molecule has 6 aliphatic rings. The van der Waals surface area contributed by atoms with Gasteiger partial charge in [0.25, 0.3) is 0 Å². The van der Waals surface area contributed by atoms with Crippen molar-refractivity contribution in [2.45, 2.75) is 212 Å². The van der Waals surface area contributed by atoms with Crippen LogP contribution in [0, 0.1) is 0 Å². The van der Waals surface area contributed by atoms with Crippen LogP contribution in [-0.4, -0.2) is 304 Å². The van der Waals surface area contributed by atoms with Gasteiger partial charge in [-0.05, 0) is 13.8 Å². The van der Waals surface area contributed by atoms with E-state index in [0.717, 1.165) is 13.8 Å². The minimum absolute atomic E-state index is 0.786. The second-order valence-corrected chi connectivity index (χ2v) is 18.2. The van der Waals surface area contributed by atoms with Crippen molar-refractivity contribution in [3.8, 4) is 0 Å². The number of hydrogen-bond acceptors (Lipinski definition) is 29. The van der Waals surface area contributed by atoms with E-state index >= 15 is 0 Å². The van der Waals surface area contributed by atoms with Crippen LogP contribution in [0.1, 0.15) is 27.7 Å². The molecule has 6 fully saturated rings. The highest BCUT2D eigenvalue weighted by atomic mass is 16.8. The number of carbonyl (C=O) groups is 2. The molecule has 6 aliphatic heterocycles. The van der Waals surface area contributed by atoms with Gasteiger partial charge < -0.3 is 144 Å². The summed E-state index contributed by atoms with van der Waals surface area (Å²) in [5.74, 6) is -1.58. The summed E-state index contributed by atoms with van der Waals surface area (Å²) in [6.07, 6.45) is -49.8. The van der Waals surface area contributed by atoms with Crippen molar-refractivity contribution in [1.29, 1.82) is 0 Å². The van der Waals surface area contributed by atoms with Crippen molar-refractivity contribution < 1.29 is 143 Å². The normalized spacial score (nSPS) is 50.8. The minimum atomic E-state index is -2.06. The molecule has 0 aromatic carbocycles. The van der Waals surface area contributed by atoms with E-state index in [-0.39, 0.29) is 0 Å². The number of carbonyl (C=O) groups excluding carboxylic acids is 2. The van der Waals surface area contributed by atoms with Crippen LogP contribution in [0.4, 0.5) is 0 Å². The molecular formula is C40H68N2O29. The Balaban J connectivity index is 1.21. The Morgan fingerprint density at radius 1 is 0.394 bits per heavy atom. The van der Waals surface area contributed by atoms with Gasteiger partial charge in [0.05, 0.1) is 38.6 Å². The van der Waals surface area contributed by atoms with Crippen LogP contribution in [0.5, 0.6) is 0 Å². The van der Waals surface area contributed by atoms with Gasteiger partial charge in [0.15, 0.2) is 37.7 Å². The lowest BCUT2D eigenvalue weighted by molar-refractivity contribution is -0.385. The van der Waals surface area contributed by atoms with Crippen LogP contribution >= 0.6 is 0 Å². The van der Waals surface area contributed by atoms with Gasteiger partial charge in [0.2, 0.25) is 11.8 Å². The first-order chi connectivity index (χ1) is 33.4. The highest BCUT2D eigenvalue weighted by Crippen LogP contribution is 2.36. The standard InChI is InChI=1S/C40H68N2O29/c1-9-19(48)25(54)29(58)37(62-9)70-33-27(56)21(50)13(5-43)65-39(33)68-31-15(7-45)67-36(17(24(31)53)41-11(3)46)61-8-16-23(52)32(18(35(60)64-16)42-12(4)47)69-40-34(28(57)22(51)14(6-44)66-40)71-38-30(59)26(55)20(49)10(2)63-38/h9-10,13-40,43-45,48-60H,5-8H2,1-4H3,(H,41,46)(H,42,47)/t9-,10-,13+,14+,15+,16+,17+,18+,19+,20+,21-,22-,23-,24+,25+,26+,27-,28-,29-,30-,31+,32+,33+,34+,35?,36+,37-,38-,39-,40-/m0/s1. The van der Waals surface area contributed by atoms with Gasteiger partial charge in [-0.1, -0.05) is 0 Å². The quantitative estimate of drug-likeness (QED) is 0.0682. The van der Waals surface area contributed by atoms with Crippen LogP contribution in [-0.2, 0) is 61.7 Å². The van der Waals surface area contributed by atoms with Gasteiger partial charge in [0.1, 0.15) is 134 Å². The third-order valence-corrected chi connectivity index (χ3v) is 13.1. The summed E-state index contributed by atoms with van der Waals surface area (Å²) in [6.45, 7) is 1.11. The Bertz CT molecular complexity index is 1710. The van der Waals surface area contributed by atoms with Crippen molar-refractivity contribution in [2.24, 2.45) is 0 Å². The Hall–Kier alpha value is -2.14. The molecular weight excluding hydrogens is 972 g/mol. The molecule has 6 rings (SSSR count). The molecule has 0 bridgehead atoms. The number of aliphatic hydroxyl groups is 16. The van der Waals surface area contributed by atoms with Crippen LogP contribution in [0.2, 0.25) is 0 Å². The highest BCUT2D eigenvalue weighted by molar-refractivity contribution is 5.73. The van der Waals surface area contributed by atoms with Gasteiger partial charge in [-0.3, -0.25) is 9.59 Å². The number of ether oxygens (including phenoxy) is 11. The largest absolute Gasteiger partial charge is 0.394 e. The van der Waals surface area contributed by atoms with E-state index in [2.05, 4.69) is 10.6 Å². The van der Waals surface area contributed by atoms with Crippen LogP contribution in [0.15, 0.2) is 0 Å². The molecule has 30 atom stereocenters. The van der Waals surface area contributed by atoms with E-state index in [1.165, 1.54) is 13.8 Å². The highest BCUT2D eigenvalue weighted by Gasteiger charge is 2.57. The van der Waals surface area contributed by atoms with E-state index in [9.17, 15) is 91.3 Å². The lowest BCUT2D eigenvalue weighted by atomic mass is 9.94. The van der Waals surface area contributed by atoms with Gasteiger partial charge in [-0.25, -0.2) is 0 Å². The Kier molecular flexibility index (Phi) is 20.2. The van der Waals surface area contributed by atoms with Gasteiger partial charge in [-0.2, -0.15) is 0 Å². The zero-order valence-corrected chi connectivity index (χ0v) is 38.6. The first kappa shape index (κ1) is 58.1. The fraction of sp³-hybridized carbons (Fsp3) is 0.950. The number of nitrogens with one attached hydrogen (secondary N) is 2. The third kappa shape index (κ3) is 12.6. The average Bonchev–Trinajstić information content (AvgIpc) is 3.32. The maximum atomic E-state index is 12.6. The summed E-state index contributed by atoms with van der Waals surface area (Å²) in [5, 5.41) is 176. The molecule has 31 nitrogen and oxygen atoms in total. The Labute approximate surface area is 403 Å². The molecule has 0 spiro atoms. The molecule has 31 heteroatoms. The van der Waals surface area contributed by atoms with Crippen LogP contribution in [0.25, 0.3) is 0 Å². The average molecular weight is 1040 g/mol. The van der Waals surface area contributed by atoms with Crippen molar-refractivity contribution in [2.75, 3.05) is 26.4 Å². The predicted octanol–water partition coefficient (Wildman–Crippen LogP) is -11.8. The molecule has 6 heterocycles. The van der Waals surface area contributed by atoms with E-state index in [1.54, 1.807) is 0 Å². The molecule has 18 N–H and O–H groups in total. The number of amides is 2. The fourth-order valence-corrected chi connectivity index (χ4v) is 9.07. The van der Waals surface area contributed by atoms with Crippen LogP contribution in [0.3, 0.4) is 0 Å². The van der Waals surface area contributed by atoms with Crippen LogP contribution < -0.4 is 10.6 Å². The summed E-state index contributed by atoms with van der Waals surface area (Å²) in [7, 11) is 0. The Morgan fingerprint density at radius 2 is 0.803 bits per heavy atom. The number of aliphatic hydroxyl groups excluding tert-OH is 16. The molecule has 2 amide bonds. The third-order valence-electron chi connectivity index (χ3n) is 13.1. The smallest absolute Gasteiger partial charge is 0.217 e. The zero-order valence-electron chi connectivity index (χ0n) is 38.6. The van der Waals surface area contributed by atoms with E-state index in [4.69, 9.17) is 52.1 Å². The summed E-state index contributed by atoms with van der Waals surface area (Å²) in [4.78, 5) is 24.9. The maximum absolute atomic E-state index is 12.6. The van der Waals surface area contributed by atoms with E-state index in [1.807, 2.05) is 0 Å². The summed E-state index contributed by atoms with van der Waals surface area (Å²) in [6, 6.07) is -3.33. The topological polar surface area (TPSA) is 483 Å². The monoisotopic (exact) mass is 1040 g/mol. The van der Waals surface area contributed by atoms with E-state index < -0.39 is 222 Å². The molecule has 0 saturated carbocycles. The SMILES string of the molecule is CC(=O)N[C@H]1[C@H](OC[C@H]2OC(O)[C@H](NC(C)=O)[C@@H](O[C@@H]3O[C@H](CO)[C@H](O)[C@H](O)[C@H]3O[C@@H]3O[C@@H](C)[C@@H](O)[C@@H](O)[C@@H]3O)[C@H]2O)O[C@H](CO)[C@@H](O[C@@H]2O[C@H](CO)[C@H](O)[C@H](O)[C@H]2O[C@@H]2O[C@@H](C)[C@@H](O)[C@@H](O)[C@@H]2O)[C@@H]1O. The zero-order chi connectivity index (χ0) is 52.5. The Morgan fingerprint density at radius 3 is 1.24 bits per heavy atom. The maximum Gasteiger partial charge on any atom is 0.217 e. The number of hydrogen-bond donors (Lipinski definition) is 18. The van der Waals surface area contributed by atoms with E-state index in [0.29, 0.717) is 0 Å². The molecule has 0 aliphatic carbocycles. The summed E-state index contributed by atoms with van der Waals surface area (Å²) in [5.41, 5.74) is 0. The molecule has 6 saturated heterocycles. The molecule has 71 heavy (non-hydrogen) atoms. The lowest BCUT2D eigenvalue weighted by Gasteiger charge is -2.49. The second kappa shape index (κ2) is 24.7. The molecule has 0 radical (unpaired) electrons. The van der Waals surface area contributed by atoms with Gasteiger partial charge >= 0.3 is 0 Å². The first-order valence-electron chi connectivity index (χ1n) is 22.8. The summed E-state index contributed by atoms with van der Waals surface area (Å²) >= 11 is 0. The van der Waals surface area contributed by atoms with Crippen molar-refractivity contribution >= 4 is 11.8 Å². The van der Waals surface area contributed by atoms with Crippen molar-refractivity contribution in [3.05, 3.63) is 0 Å². The lowest BCUT2D eigenvalue weighted by Crippen LogP contribution is -2.69. The molecule has 0 aromatic rings. The molecule has 0 aromatic heterocycles. The van der Waals surface area contributed by atoms with Crippen molar-refractivity contribution in [1.82, 2.24) is 10.6 Å². The molecule has 1 unspecified atom stereocenters. The minimum Gasteiger partial charge on any atom is -0.394 e. The van der Waals surface area contributed by atoms with Gasteiger partial charge in [0, 0.05) is 13.8 Å². The fourth-order valence-electron chi connectivity index (χ4n) is 9.07. The predicted molar refractivity (Wildman–Crippen MR) is 220 cm³/mol. The second-order valence-electron chi connectivity index (χ2n) is 18.2. The molecule has 412 valence electrons.